The Morgan fingerprint density at radius 1 is 0.889 bits per heavy atom. The second-order valence-corrected chi connectivity index (χ2v) is 6.47. The fraction of sp³-hybridized carbons (Fsp3) is 0.0500. The largest absolute Gasteiger partial charge is 0.439 e. The van der Waals surface area contributed by atoms with Crippen LogP contribution in [0.1, 0.15) is 20.7 Å². The zero-order valence-corrected chi connectivity index (χ0v) is 16.0. The standard InChI is InChI=1S/C20H16BrN3O3/c1-22-19(25)13-2-7-16(8-3-13)24-20(26)14-4-11-18(23-12-14)27-17-9-5-15(21)6-10-17/h2-12H,1H3,(H,22,25)(H,24,26). The molecule has 0 aliphatic carbocycles. The van der Waals surface area contributed by atoms with Gasteiger partial charge in [0.05, 0.1) is 5.56 Å². The predicted molar refractivity (Wildman–Crippen MR) is 106 cm³/mol. The van der Waals surface area contributed by atoms with Crippen LogP contribution in [0.4, 0.5) is 5.69 Å². The van der Waals surface area contributed by atoms with E-state index in [9.17, 15) is 9.59 Å². The van der Waals surface area contributed by atoms with Gasteiger partial charge in [-0.2, -0.15) is 0 Å². The van der Waals surface area contributed by atoms with Gasteiger partial charge in [-0.05, 0) is 54.6 Å². The van der Waals surface area contributed by atoms with Gasteiger partial charge in [0.15, 0.2) is 0 Å². The van der Waals surface area contributed by atoms with E-state index in [-0.39, 0.29) is 11.8 Å². The van der Waals surface area contributed by atoms with E-state index in [1.54, 1.807) is 43.4 Å². The molecule has 3 aromatic rings. The second kappa shape index (κ2) is 8.46. The quantitative estimate of drug-likeness (QED) is 0.640. The Hall–Kier alpha value is -3.19. The summed E-state index contributed by atoms with van der Waals surface area (Å²) in [6.07, 6.45) is 1.45. The monoisotopic (exact) mass is 425 g/mol. The predicted octanol–water partition coefficient (Wildman–Crippen LogP) is 4.25. The van der Waals surface area contributed by atoms with Gasteiger partial charge in [-0.1, -0.05) is 15.9 Å². The molecule has 0 aliphatic heterocycles. The number of ether oxygens (including phenoxy) is 1. The number of aromatic nitrogens is 1. The van der Waals surface area contributed by atoms with Crippen LogP contribution in [0.2, 0.25) is 0 Å². The van der Waals surface area contributed by atoms with Gasteiger partial charge in [-0.25, -0.2) is 4.98 Å². The first kappa shape index (κ1) is 18.6. The highest BCUT2D eigenvalue weighted by molar-refractivity contribution is 9.10. The number of benzene rings is 2. The number of anilines is 1. The minimum atomic E-state index is -0.301. The molecule has 136 valence electrons. The molecule has 0 fully saturated rings. The number of carbonyl (C=O) groups excluding carboxylic acids is 2. The number of halogens is 1. The zero-order valence-electron chi connectivity index (χ0n) is 14.4. The average Bonchev–Trinajstić information content (AvgIpc) is 2.70. The normalized spacial score (nSPS) is 10.1. The third-order valence-corrected chi connectivity index (χ3v) is 4.20. The molecule has 27 heavy (non-hydrogen) atoms. The molecule has 0 saturated heterocycles. The molecule has 0 unspecified atom stereocenters. The van der Waals surface area contributed by atoms with Crippen molar-refractivity contribution in [2.45, 2.75) is 0 Å². The van der Waals surface area contributed by atoms with E-state index in [1.165, 1.54) is 6.20 Å². The molecule has 2 N–H and O–H groups in total. The van der Waals surface area contributed by atoms with Gasteiger partial charge in [0, 0.05) is 35.0 Å². The van der Waals surface area contributed by atoms with Crippen molar-refractivity contribution in [3.63, 3.8) is 0 Å². The van der Waals surface area contributed by atoms with E-state index in [1.807, 2.05) is 24.3 Å². The summed E-state index contributed by atoms with van der Waals surface area (Å²) in [5.41, 5.74) is 1.50. The fourth-order valence-corrected chi connectivity index (χ4v) is 2.52. The SMILES string of the molecule is CNC(=O)c1ccc(NC(=O)c2ccc(Oc3ccc(Br)cc3)nc2)cc1. The van der Waals surface area contributed by atoms with E-state index < -0.39 is 0 Å². The van der Waals surface area contributed by atoms with Gasteiger partial charge in [-0.3, -0.25) is 9.59 Å². The van der Waals surface area contributed by atoms with Crippen LogP contribution in [0.15, 0.2) is 71.3 Å². The van der Waals surface area contributed by atoms with E-state index in [4.69, 9.17) is 4.74 Å². The summed E-state index contributed by atoms with van der Waals surface area (Å²) in [6.45, 7) is 0. The van der Waals surface area contributed by atoms with Crippen LogP contribution in [0.5, 0.6) is 11.6 Å². The highest BCUT2D eigenvalue weighted by Crippen LogP contribution is 2.22. The Bertz CT molecular complexity index is 940. The summed E-state index contributed by atoms with van der Waals surface area (Å²) >= 11 is 3.36. The van der Waals surface area contributed by atoms with Crippen LogP contribution in [0, 0.1) is 0 Å². The topological polar surface area (TPSA) is 80.3 Å². The lowest BCUT2D eigenvalue weighted by Gasteiger charge is -2.08. The van der Waals surface area contributed by atoms with Crippen molar-refractivity contribution in [1.29, 1.82) is 0 Å². The fourth-order valence-electron chi connectivity index (χ4n) is 2.25. The number of pyridine rings is 1. The molecule has 2 amide bonds. The summed E-state index contributed by atoms with van der Waals surface area (Å²) in [6, 6.07) is 17.2. The van der Waals surface area contributed by atoms with Crippen molar-refractivity contribution in [2.24, 2.45) is 0 Å². The third-order valence-electron chi connectivity index (χ3n) is 3.67. The average molecular weight is 426 g/mol. The van der Waals surface area contributed by atoms with E-state index in [0.717, 1.165) is 4.47 Å². The third kappa shape index (κ3) is 4.92. The molecule has 6 nitrogen and oxygen atoms in total. The van der Waals surface area contributed by atoms with Crippen LogP contribution in [-0.4, -0.2) is 23.8 Å². The Labute approximate surface area is 164 Å². The molecule has 0 aliphatic rings. The maximum atomic E-state index is 12.3. The van der Waals surface area contributed by atoms with Crippen molar-refractivity contribution in [3.05, 3.63) is 82.5 Å². The summed E-state index contributed by atoms with van der Waals surface area (Å²) < 4.78 is 6.59. The molecule has 0 atom stereocenters. The van der Waals surface area contributed by atoms with Crippen molar-refractivity contribution in [3.8, 4) is 11.6 Å². The lowest BCUT2D eigenvalue weighted by atomic mass is 10.2. The Morgan fingerprint density at radius 3 is 2.15 bits per heavy atom. The molecule has 0 saturated carbocycles. The molecular formula is C20H16BrN3O3. The highest BCUT2D eigenvalue weighted by Gasteiger charge is 2.09. The minimum Gasteiger partial charge on any atom is -0.439 e. The molecule has 0 bridgehead atoms. The van der Waals surface area contributed by atoms with Crippen LogP contribution in [0.25, 0.3) is 0 Å². The smallest absolute Gasteiger partial charge is 0.257 e. The highest BCUT2D eigenvalue weighted by atomic mass is 79.9. The lowest BCUT2D eigenvalue weighted by molar-refractivity contribution is 0.0962. The molecular weight excluding hydrogens is 410 g/mol. The van der Waals surface area contributed by atoms with E-state index in [2.05, 4.69) is 31.5 Å². The van der Waals surface area contributed by atoms with Crippen molar-refractivity contribution >= 4 is 33.4 Å². The first-order valence-electron chi connectivity index (χ1n) is 8.08. The molecule has 7 heteroatoms. The number of rotatable bonds is 5. The summed E-state index contributed by atoms with van der Waals surface area (Å²) in [4.78, 5) is 28.0. The van der Waals surface area contributed by atoms with Gasteiger partial charge >= 0.3 is 0 Å². The number of nitrogens with one attached hydrogen (secondary N) is 2. The van der Waals surface area contributed by atoms with Crippen molar-refractivity contribution in [2.75, 3.05) is 12.4 Å². The minimum absolute atomic E-state index is 0.182. The van der Waals surface area contributed by atoms with Gasteiger partial charge in [0.25, 0.3) is 11.8 Å². The molecule has 2 aromatic carbocycles. The number of hydrogen-bond donors (Lipinski definition) is 2. The number of hydrogen-bond acceptors (Lipinski definition) is 4. The van der Waals surface area contributed by atoms with Crippen LogP contribution in [0.3, 0.4) is 0 Å². The lowest BCUT2D eigenvalue weighted by Crippen LogP contribution is -2.17. The van der Waals surface area contributed by atoms with E-state index >= 15 is 0 Å². The first-order valence-corrected chi connectivity index (χ1v) is 8.87. The zero-order chi connectivity index (χ0) is 19.2. The van der Waals surface area contributed by atoms with Gasteiger partial charge in [-0.15, -0.1) is 0 Å². The summed E-state index contributed by atoms with van der Waals surface area (Å²) in [5, 5.41) is 5.30. The van der Waals surface area contributed by atoms with Crippen LogP contribution < -0.4 is 15.4 Å². The molecule has 0 radical (unpaired) electrons. The number of amides is 2. The molecule has 1 aromatic heterocycles. The molecule has 0 spiro atoms. The summed E-state index contributed by atoms with van der Waals surface area (Å²) in [7, 11) is 1.56. The van der Waals surface area contributed by atoms with Crippen molar-refractivity contribution < 1.29 is 14.3 Å². The molecule has 3 rings (SSSR count). The van der Waals surface area contributed by atoms with Crippen LogP contribution in [-0.2, 0) is 0 Å². The van der Waals surface area contributed by atoms with Gasteiger partial charge < -0.3 is 15.4 Å². The number of nitrogens with zero attached hydrogens (tertiary/aromatic N) is 1. The Kier molecular flexibility index (Phi) is 5.83. The molecule has 1 heterocycles. The van der Waals surface area contributed by atoms with Gasteiger partial charge in [0.2, 0.25) is 5.88 Å². The maximum Gasteiger partial charge on any atom is 0.257 e. The van der Waals surface area contributed by atoms with Gasteiger partial charge in [0.1, 0.15) is 5.75 Å². The Morgan fingerprint density at radius 2 is 1.56 bits per heavy atom. The Balaban J connectivity index is 1.63. The van der Waals surface area contributed by atoms with E-state index in [0.29, 0.717) is 28.4 Å². The van der Waals surface area contributed by atoms with Crippen molar-refractivity contribution in [1.82, 2.24) is 10.3 Å². The first-order chi connectivity index (χ1) is 13.0. The maximum absolute atomic E-state index is 12.3. The second-order valence-electron chi connectivity index (χ2n) is 5.55. The summed E-state index contributed by atoms with van der Waals surface area (Å²) in [5.74, 6) is 0.562. The van der Waals surface area contributed by atoms with Crippen LogP contribution >= 0.6 is 15.9 Å². The number of carbonyl (C=O) groups is 2.